The Morgan fingerprint density at radius 2 is 1.76 bits per heavy atom. The minimum Gasteiger partial charge on any atom is -0.488 e. The minimum absolute atomic E-state index is 0.0114. The van der Waals surface area contributed by atoms with Gasteiger partial charge >= 0.3 is 0 Å². The summed E-state index contributed by atoms with van der Waals surface area (Å²) < 4.78 is 6.90. The van der Waals surface area contributed by atoms with Crippen molar-refractivity contribution in [3.05, 3.63) is 92.9 Å². The number of benzene rings is 3. The highest BCUT2D eigenvalue weighted by atomic mass is 79.9. The molecule has 0 bridgehead atoms. The number of para-hydroxylation sites is 1. The van der Waals surface area contributed by atoms with Gasteiger partial charge < -0.3 is 10.1 Å². The lowest BCUT2D eigenvalue weighted by Gasteiger charge is -2.09. The summed E-state index contributed by atoms with van der Waals surface area (Å²) in [7, 11) is 0. The van der Waals surface area contributed by atoms with Crippen LogP contribution in [-0.2, 0) is 16.2 Å². The second-order valence-electron chi connectivity index (χ2n) is 7.25. The van der Waals surface area contributed by atoms with Crippen LogP contribution in [0.2, 0.25) is 5.02 Å². The highest BCUT2D eigenvalue weighted by Gasteiger charge is 2.09. The number of aryl methyl sites for hydroxylation is 1. The van der Waals surface area contributed by atoms with Gasteiger partial charge in [-0.15, -0.1) is 0 Å². The Hall–Kier alpha value is -3.16. The topological polar surface area (TPSA) is 79.8 Å². The number of carbonyl (C=O) groups excluding carboxylic acids is 2. The van der Waals surface area contributed by atoms with Crippen LogP contribution in [-0.4, -0.2) is 18.0 Å². The van der Waals surface area contributed by atoms with Gasteiger partial charge in [-0.05, 0) is 60.5 Å². The molecule has 0 radical (unpaired) electrons. The van der Waals surface area contributed by atoms with Crippen LogP contribution in [0.3, 0.4) is 0 Å². The Kier molecular flexibility index (Phi) is 9.04. The van der Waals surface area contributed by atoms with Crippen molar-refractivity contribution in [2.75, 3.05) is 5.32 Å². The van der Waals surface area contributed by atoms with E-state index in [1.165, 1.54) is 6.21 Å². The first kappa shape index (κ1) is 24.5. The molecule has 0 aliphatic carbocycles. The number of anilines is 1. The van der Waals surface area contributed by atoms with Crippen LogP contribution in [0.25, 0.3) is 0 Å². The normalized spacial score (nSPS) is 10.8. The summed E-state index contributed by atoms with van der Waals surface area (Å²) in [5.41, 5.74) is 5.73. The number of hydrogen-bond acceptors (Lipinski definition) is 4. The lowest BCUT2D eigenvalue weighted by atomic mass is 10.2. The van der Waals surface area contributed by atoms with Gasteiger partial charge in [0.15, 0.2) is 0 Å². The van der Waals surface area contributed by atoms with Crippen LogP contribution < -0.4 is 15.5 Å². The van der Waals surface area contributed by atoms with E-state index >= 15 is 0 Å². The zero-order valence-electron chi connectivity index (χ0n) is 18.0. The molecule has 8 heteroatoms. The van der Waals surface area contributed by atoms with Crippen molar-refractivity contribution in [1.29, 1.82) is 0 Å². The van der Waals surface area contributed by atoms with Crippen LogP contribution in [0.1, 0.15) is 29.5 Å². The second-order valence-corrected chi connectivity index (χ2v) is 8.61. The summed E-state index contributed by atoms with van der Waals surface area (Å²) in [5.74, 6) is 0.0323. The summed E-state index contributed by atoms with van der Waals surface area (Å²) in [5, 5.41) is 7.38. The summed E-state index contributed by atoms with van der Waals surface area (Å²) >= 11 is 9.33. The van der Waals surface area contributed by atoms with Crippen molar-refractivity contribution >= 4 is 51.2 Å². The number of hydrogen-bond donors (Lipinski definition) is 2. The molecule has 3 rings (SSSR count). The summed E-state index contributed by atoms with van der Waals surface area (Å²) in [6, 6.07) is 20.5. The first-order valence-corrected chi connectivity index (χ1v) is 11.4. The molecule has 3 aromatic carbocycles. The number of hydrazone groups is 1. The van der Waals surface area contributed by atoms with Gasteiger partial charge in [0.2, 0.25) is 11.8 Å². The molecule has 6 nitrogen and oxygen atoms in total. The first-order chi connectivity index (χ1) is 15.9. The summed E-state index contributed by atoms with van der Waals surface area (Å²) in [6.45, 7) is 2.26. The van der Waals surface area contributed by atoms with E-state index < -0.39 is 0 Å². The van der Waals surface area contributed by atoms with Gasteiger partial charge in [0.05, 0.1) is 6.21 Å². The minimum atomic E-state index is -0.359. The molecule has 0 aliphatic heterocycles. The van der Waals surface area contributed by atoms with Crippen molar-refractivity contribution in [3.8, 4) is 5.75 Å². The summed E-state index contributed by atoms with van der Waals surface area (Å²) in [4.78, 5) is 24.2. The number of carbonyl (C=O) groups is 2. The Morgan fingerprint density at radius 1 is 1.03 bits per heavy atom. The lowest BCUT2D eigenvalue weighted by molar-refractivity contribution is -0.124. The quantitative estimate of drug-likeness (QED) is 0.270. The molecule has 0 saturated carbocycles. The fourth-order valence-electron chi connectivity index (χ4n) is 2.90. The van der Waals surface area contributed by atoms with Crippen LogP contribution in [0.5, 0.6) is 5.75 Å². The van der Waals surface area contributed by atoms with Gasteiger partial charge in [0, 0.05) is 33.6 Å². The molecule has 3 aromatic rings. The van der Waals surface area contributed by atoms with E-state index in [0.717, 1.165) is 21.2 Å². The molecule has 0 aliphatic rings. The molecule has 170 valence electrons. The number of nitrogens with zero attached hydrogens (tertiary/aromatic N) is 1. The van der Waals surface area contributed by atoms with E-state index in [9.17, 15) is 9.59 Å². The van der Waals surface area contributed by atoms with Gasteiger partial charge in [-0.1, -0.05) is 51.8 Å². The molecule has 2 amide bonds. The van der Waals surface area contributed by atoms with Crippen molar-refractivity contribution < 1.29 is 14.3 Å². The molecule has 2 N–H and O–H groups in total. The third kappa shape index (κ3) is 8.04. The number of amides is 2. The van der Waals surface area contributed by atoms with E-state index in [0.29, 0.717) is 23.1 Å². The summed E-state index contributed by atoms with van der Waals surface area (Å²) in [6.07, 6.45) is 1.57. The Morgan fingerprint density at radius 3 is 2.52 bits per heavy atom. The zero-order valence-corrected chi connectivity index (χ0v) is 20.3. The predicted molar refractivity (Wildman–Crippen MR) is 135 cm³/mol. The van der Waals surface area contributed by atoms with Gasteiger partial charge in [0.1, 0.15) is 12.4 Å². The maximum Gasteiger partial charge on any atom is 0.240 e. The standard InChI is InChI=1S/C25H23BrClN3O3/c1-17-14-21(27)10-11-22(17)29-24(31)12-13-25(32)30-28-15-19-4-2-3-5-23(19)33-16-18-6-8-20(26)9-7-18/h2-11,14-15H,12-13,16H2,1H3,(H,29,31)(H,30,32)/b28-15-. The van der Waals surface area contributed by atoms with Gasteiger partial charge in [-0.3, -0.25) is 9.59 Å². The SMILES string of the molecule is Cc1cc(Cl)ccc1NC(=O)CCC(=O)N/N=C\c1ccccc1OCc1ccc(Br)cc1. The second kappa shape index (κ2) is 12.2. The molecule has 0 aromatic heterocycles. The maximum absolute atomic E-state index is 12.1. The van der Waals surface area contributed by atoms with Crippen molar-refractivity contribution in [2.45, 2.75) is 26.4 Å². The van der Waals surface area contributed by atoms with E-state index in [1.54, 1.807) is 18.2 Å². The largest absolute Gasteiger partial charge is 0.488 e. The van der Waals surface area contributed by atoms with Crippen molar-refractivity contribution in [3.63, 3.8) is 0 Å². The monoisotopic (exact) mass is 527 g/mol. The molecule has 0 heterocycles. The number of halogens is 2. The van der Waals surface area contributed by atoms with Gasteiger partial charge in [0.25, 0.3) is 0 Å². The molecule has 33 heavy (non-hydrogen) atoms. The van der Waals surface area contributed by atoms with Crippen LogP contribution in [0, 0.1) is 6.92 Å². The Balaban J connectivity index is 1.47. The zero-order chi connectivity index (χ0) is 23.6. The highest BCUT2D eigenvalue weighted by Crippen LogP contribution is 2.20. The average Bonchev–Trinajstić information content (AvgIpc) is 2.80. The fourth-order valence-corrected chi connectivity index (χ4v) is 3.39. The molecule has 0 fully saturated rings. The van der Waals surface area contributed by atoms with E-state index in [4.69, 9.17) is 16.3 Å². The number of rotatable bonds is 9. The van der Waals surface area contributed by atoms with Gasteiger partial charge in [-0.25, -0.2) is 5.43 Å². The lowest BCUT2D eigenvalue weighted by Crippen LogP contribution is -2.21. The third-order valence-electron chi connectivity index (χ3n) is 4.66. The van der Waals surface area contributed by atoms with Crippen LogP contribution in [0.15, 0.2) is 76.3 Å². The van der Waals surface area contributed by atoms with Crippen LogP contribution in [0.4, 0.5) is 5.69 Å². The number of ether oxygens (including phenoxy) is 1. The predicted octanol–water partition coefficient (Wildman–Crippen LogP) is 5.86. The molecule has 0 unspecified atom stereocenters. The third-order valence-corrected chi connectivity index (χ3v) is 5.42. The average molecular weight is 529 g/mol. The molecular formula is C25H23BrClN3O3. The molecule has 0 atom stereocenters. The van der Waals surface area contributed by atoms with Gasteiger partial charge in [-0.2, -0.15) is 5.10 Å². The van der Waals surface area contributed by atoms with Crippen LogP contribution >= 0.6 is 27.5 Å². The molecule has 0 spiro atoms. The maximum atomic E-state index is 12.1. The molecular weight excluding hydrogens is 506 g/mol. The highest BCUT2D eigenvalue weighted by molar-refractivity contribution is 9.10. The van der Waals surface area contributed by atoms with E-state index in [1.807, 2.05) is 55.5 Å². The Bertz CT molecular complexity index is 1150. The number of nitrogens with one attached hydrogen (secondary N) is 2. The van der Waals surface area contributed by atoms with E-state index in [2.05, 4.69) is 31.8 Å². The first-order valence-electron chi connectivity index (χ1n) is 10.2. The van der Waals surface area contributed by atoms with Crippen molar-refractivity contribution in [1.82, 2.24) is 5.43 Å². The Labute approximate surface area is 206 Å². The fraction of sp³-hybridized carbons (Fsp3) is 0.160. The molecule has 0 saturated heterocycles. The van der Waals surface area contributed by atoms with E-state index in [-0.39, 0.29) is 24.7 Å². The van der Waals surface area contributed by atoms with Crippen molar-refractivity contribution in [2.24, 2.45) is 5.10 Å². The smallest absolute Gasteiger partial charge is 0.240 e.